The smallest absolute Gasteiger partial charge is 0.406 e. The summed E-state index contributed by atoms with van der Waals surface area (Å²) in [6.07, 6.45) is 16.1. The van der Waals surface area contributed by atoms with Crippen LogP contribution < -0.4 is 4.74 Å². The summed E-state index contributed by atoms with van der Waals surface area (Å²) in [5, 5.41) is 0. The summed E-state index contributed by atoms with van der Waals surface area (Å²) in [6, 6.07) is 6.63. The molecule has 0 heterocycles. The number of benzene rings is 1. The first-order valence-corrected chi connectivity index (χ1v) is 12.9. The van der Waals surface area contributed by atoms with Crippen LogP contribution in [-0.4, -0.2) is 6.36 Å². The van der Waals surface area contributed by atoms with Crippen molar-refractivity contribution in [3.05, 3.63) is 42.0 Å². The predicted octanol–water partition coefficient (Wildman–Crippen LogP) is 9.05. The third kappa shape index (κ3) is 6.32. The van der Waals surface area contributed by atoms with E-state index in [0.717, 1.165) is 29.6 Å². The number of rotatable bonds is 6. The highest BCUT2D eigenvalue weighted by molar-refractivity contribution is 5.30. The van der Waals surface area contributed by atoms with Gasteiger partial charge in [0.1, 0.15) is 5.75 Å². The number of halogens is 3. The summed E-state index contributed by atoms with van der Waals surface area (Å²) in [5.74, 6) is 4.86. The van der Waals surface area contributed by atoms with E-state index in [1.54, 1.807) is 0 Å². The Kier molecular flexibility index (Phi) is 7.89. The molecule has 0 N–H and O–H groups in total. The van der Waals surface area contributed by atoms with Gasteiger partial charge >= 0.3 is 6.36 Å². The van der Waals surface area contributed by atoms with Crippen molar-refractivity contribution >= 4 is 0 Å². The minimum absolute atomic E-state index is 0.119. The fourth-order valence-corrected chi connectivity index (χ4v) is 7.04. The van der Waals surface area contributed by atoms with Gasteiger partial charge in [-0.05, 0) is 124 Å². The molecule has 3 fully saturated rings. The highest BCUT2D eigenvalue weighted by atomic mass is 19.4. The van der Waals surface area contributed by atoms with Crippen LogP contribution in [0.3, 0.4) is 0 Å². The van der Waals surface area contributed by atoms with Crippen LogP contribution >= 0.6 is 0 Å². The van der Waals surface area contributed by atoms with Gasteiger partial charge in [0.2, 0.25) is 0 Å². The van der Waals surface area contributed by atoms with Crippen LogP contribution in [0.1, 0.15) is 95.5 Å². The standard InChI is InChI=1S/C28H39F3O/c1-2-3-4-5-20-6-8-21(9-7-20)23-10-12-26-19-24(11-13-25(26)18-23)22-14-16-27(17-15-22)32-28(29,30)31/h2-3,14-17,20-21,23-26H,4-13,18-19H2,1H3/b3-2+. The van der Waals surface area contributed by atoms with Gasteiger partial charge in [-0.2, -0.15) is 0 Å². The molecule has 4 atom stereocenters. The van der Waals surface area contributed by atoms with E-state index >= 15 is 0 Å². The molecule has 178 valence electrons. The molecule has 3 aliphatic carbocycles. The summed E-state index contributed by atoms with van der Waals surface area (Å²) in [4.78, 5) is 0. The third-order valence-corrected chi connectivity index (χ3v) is 8.77. The van der Waals surface area contributed by atoms with Crippen LogP contribution in [0.15, 0.2) is 36.4 Å². The third-order valence-electron chi connectivity index (χ3n) is 8.77. The van der Waals surface area contributed by atoms with Gasteiger partial charge < -0.3 is 4.74 Å². The Bertz CT molecular complexity index is 730. The highest BCUT2D eigenvalue weighted by Gasteiger charge is 2.39. The van der Waals surface area contributed by atoms with E-state index in [1.807, 2.05) is 12.1 Å². The van der Waals surface area contributed by atoms with Crippen molar-refractivity contribution in [1.82, 2.24) is 0 Å². The Labute approximate surface area is 191 Å². The van der Waals surface area contributed by atoms with Crippen molar-refractivity contribution in [2.75, 3.05) is 0 Å². The summed E-state index contributed by atoms with van der Waals surface area (Å²) >= 11 is 0. The molecule has 0 aromatic heterocycles. The monoisotopic (exact) mass is 448 g/mol. The number of hydrogen-bond acceptors (Lipinski definition) is 1. The summed E-state index contributed by atoms with van der Waals surface area (Å²) in [5.41, 5.74) is 1.18. The molecule has 0 spiro atoms. The topological polar surface area (TPSA) is 9.23 Å². The fraction of sp³-hybridized carbons (Fsp3) is 0.714. The molecular weight excluding hydrogens is 409 g/mol. The van der Waals surface area contributed by atoms with Crippen molar-refractivity contribution in [2.24, 2.45) is 29.6 Å². The average molecular weight is 449 g/mol. The SMILES string of the molecule is C/C=C/CCC1CCC(C2CCC3CC(c4ccc(OC(F)(F)F)cc4)CCC3C2)CC1. The minimum Gasteiger partial charge on any atom is -0.406 e. The molecular formula is C28H39F3O. The lowest BCUT2D eigenvalue weighted by Gasteiger charge is -2.45. The van der Waals surface area contributed by atoms with Gasteiger partial charge in [0, 0.05) is 0 Å². The minimum atomic E-state index is -4.62. The second-order valence-electron chi connectivity index (χ2n) is 10.6. The molecule has 0 radical (unpaired) electrons. The van der Waals surface area contributed by atoms with E-state index in [0.29, 0.717) is 5.92 Å². The van der Waals surface area contributed by atoms with Crippen LogP contribution in [0.25, 0.3) is 0 Å². The van der Waals surface area contributed by atoms with E-state index in [1.165, 1.54) is 94.7 Å². The van der Waals surface area contributed by atoms with Crippen LogP contribution in [-0.2, 0) is 0 Å². The Morgan fingerprint density at radius 3 is 2.06 bits per heavy atom. The van der Waals surface area contributed by atoms with E-state index < -0.39 is 6.36 Å². The quantitative estimate of drug-likeness (QED) is 0.394. The van der Waals surface area contributed by atoms with Crippen LogP contribution in [0.2, 0.25) is 0 Å². The fourth-order valence-electron chi connectivity index (χ4n) is 7.04. The van der Waals surface area contributed by atoms with Gasteiger partial charge in [-0.25, -0.2) is 0 Å². The maximum atomic E-state index is 12.4. The zero-order chi connectivity index (χ0) is 22.6. The van der Waals surface area contributed by atoms with E-state index in [4.69, 9.17) is 0 Å². The number of allylic oxidation sites excluding steroid dienone is 2. The van der Waals surface area contributed by atoms with E-state index in [9.17, 15) is 13.2 Å². The van der Waals surface area contributed by atoms with Gasteiger partial charge in [0.05, 0.1) is 0 Å². The van der Waals surface area contributed by atoms with Gasteiger partial charge in [-0.3, -0.25) is 0 Å². The van der Waals surface area contributed by atoms with Crippen molar-refractivity contribution in [2.45, 2.75) is 96.3 Å². The van der Waals surface area contributed by atoms with Crippen molar-refractivity contribution < 1.29 is 17.9 Å². The van der Waals surface area contributed by atoms with E-state index in [2.05, 4.69) is 23.8 Å². The lowest BCUT2D eigenvalue weighted by atomic mass is 9.60. The normalized spacial score (nSPS) is 33.8. The first-order chi connectivity index (χ1) is 15.4. The number of ether oxygens (including phenoxy) is 1. The van der Waals surface area contributed by atoms with Crippen molar-refractivity contribution in [3.63, 3.8) is 0 Å². The van der Waals surface area contributed by atoms with Crippen molar-refractivity contribution in [1.29, 1.82) is 0 Å². The van der Waals surface area contributed by atoms with Crippen LogP contribution in [0, 0.1) is 29.6 Å². The molecule has 3 aliphatic rings. The highest BCUT2D eigenvalue weighted by Crippen LogP contribution is 2.51. The maximum absolute atomic E-state index is 12.4. The maximum Gasteiger partial charge on any atom is 0.573 e. The van der Waals surface area contributed by atoms with Crippen molar-refractivity contribution in [3.8, 4) is 5.75 Å². The molecule has 0 aliphatic heterocycles. The Hall–Kier alpha value is -1.45. The number of fused-ring (bicyclic) bond motifs is 1. The second-order valence-corrected chi connectivity index (χ2v) is 10.6. The zero-order valence-electron chi connectivity index (χ0n) is 19.5. The molecule has 3 saturated carbocycles. The molecule has 4 rings (SSSR count). The predicted molar refractivity (Wildman–Crippen MR) is 124 cm³/mol. The largest absolute Gasteiger partial charge is 0.573 e. The zero-order valence-corrected chi connectivity index (χ0v) is 19.5. The average Bonchev–Trinajstić information content (AvgIpc) is 2.78. The first-order valence-electron chi connectivity index (χ1n) is 12.9. The molecule has 1 nitrogen and oxygen atoms in total. The number of alkyl halides is 3. The second kappa shape index (κ2) is 10.7. The summed E-state index contributed by atoms with van der Waals surface area (Å²) in [6.45, 7) is 2.12. The molecule has 1 aromatic rings. The number of hydrogen-bond donors (Lipinski definition) is 0. The van der Waals surface area contributed by atoms with Gasteiger partial charge in [-0.15, -0.1) is 13.2 Å². The molecule has 4 heteroatoms. The Balaban J connectivity index is 1.24. The molecule has 32 heavy (non-hydrogen) atoms. The summed E-state index contributed by atoms with van der Waals surface area (Å²) in [7, 11) is 0. The Morgan fingerprint density at radius 2 is 1.41 bits per heavy atom. The van der Waals surface area contributed by atoms with Crippen LogP contribution in [0.5, 0.6) is 5.75 Å². The van der Waals surface area contributed by atoms with Gasteiger partial charge in [0.25, 0.3) is 0 Å². The van der Waals surface area contributed by atoms with Crippen LogP contribution in [0.4, 0.5) is 13.2 Å². The first kappa shape index (κ1) is 23.7. The molecule has 4 unspecified atom stereocenters. The molecule has 0 bridgehead atoms. The van der Waals surface area contributed by atoms with Gasteiger partial charge in [-0.1, -0.05) is 37.1 Å². The molecule has 0 amide bonds. The summed E-state index contributed by atoms with van der Waals surface area (Å²) < 4.78 is 41.2. The Morgan fingerprint density at radius 1 is 0.812 bits per heavy atom. The lowest BCUT2D eigenvalue weighted by Crippen LogP contribution is -2.34. The molecule has 0 saturated heterocycles. The van der Waals surface area contributed by atoms with E-state index in [-0.39, 0.29) is 5.75 Å². The van der Waals surface area contributed by atoms with Gasteiger partial charge in [0.15, 0.2) is 0 Å². The molecule has 1 aromatic carbocycles. The lowest BCUT2D eigenvalue weighted by molar-refractivity contribution is -0.274.